The summed E-state index contributed by atoms with van der Waals surface area (Å²) in [4.78, 5) is 23.9. The van der Waals surface area contributed by atoms with Crippen LogP contribution in [-0.2, 0) is 11.3 Å². The highest BCUT2D eigenvalue weighted by Crippen LogP contribution is 2.09. The Kier molecular flexibility index (Phi) is 4.47. The maximum atomic E-state index is 12.8. The zero-order valence-electron chi connectivity index (χ0n) is 11.8. The summed E-state index contributed by atoms with van der Waals surface area (Å²) < 4.78 is 19.1. The molecule has 0 saturated carbocycles. The average molecular weight is 290 g/mol. The monoisotopic (exact) mass is 290 g/mol. The topological polar surface area (TPSA) is 61.2 Å². The van der Waals surface area contributed by atoms with E-state index in [0.717, 1.165) is 0 Å². The number of hydrogen-bond donors (Lipinski definition) is 0. The third kappa shape index (κ3) is 3.53. The van der Waals surface area contributed by atoms with E-state index in [2.05, 4.69) is 5.10 Å². The van der Waals surface area contributed by atoms with Crippen LogP contribution >= 0.6 is 0 Å². The molecule has 0 aliphatic rings. The molecule has 0 unspecified atom stereocenters. The number of aryl methyl sites for hydroxylation is 1. The SMILES string of the molecule is CCOC(=O)c1cc(C)nn1CC(=O)c1ccc(F)cc1. The van der Waals surface area contributed by atoms with Crippen molar-refractivity contribution < 1.29 is 18.7 Å². The van der Waals surface area contributed by atoms with Crippen LogP contribution in [0.5, 0.6) is 0 Å². The van der Waals surface area contributed by atoms with Crippen LogP contribution in [0.2, 0.25) is 0 Å². The second-order valence-electron chi connectivity index (χ2n) is 4.48. The number of hydrogen-bond acceptors (Lipinski definition) is 4. The van der Waals surface area contributed by atoms with E-state index in [0.29, 0.717) is 11.3 Å². The van der Waals surface area contributed by atoms with E-state index in [1.165, 1.54) is 28.9 Å². The van der Waals surface area contributed by atoms with Gasteiger partial charge in [0, 0.05) is 5.56 Å². The number of esters is 1. The molecule has 2 rings (SSSR count). The van der Waals surface area contributed by atoms with E-state index in [-0.39, 0.29) is 24.6 Å². The minimum atomic E-state index is -0.523. The van der Waals surface area contributed by atoms with Crippen molar-refractivity contribution in [3.05, 3.63) is 53.1 Å². The van der Waals surface area contributed by atoms with Gasteiger partial charge < -0.3 is 4.74 Å². The molecule has 6 heteroatoms. The Bertz CT molecular complexity index is 662. The molecule has 0 spiro atoms. The van der Waals surface area contributed by atoms with E-state index in [9.17, 15) is 14.0 Å². The highest BCUT2D eigenvalue weighted by atomic mass is 19.1. The molecule has 0 aliphatic heterocycles. The largest absolute Gasteiger partial charge is 0.461 e. The number of nitrogens with zero attached hydrogens (tertiary/aromatic N) is 2. The van der Waals surface area contributed by atoms with Gasteiger partial charge in [0.15, 0.2) is 5.78 Å². The van der Waals surface area contributed by atoms with Crippen molar-refractivity contribution in [1.29, 1.82) is 0 Å². The molecule has 0 aliphatic carbocycles. The molecule has 21 heavy (non-hydrogen) atoms. The molecule has 0 N–H and O–H groups in total. The molecule has 1 aromatic carbocycles. The van der Waals surface area contributed by atoms with Crippen LogP contribution in [0, 0.1) is 12.7 Å². The average Bonchev–Trinajstić information content (AvgIpc) is 2.80. The Labute approximate surface area is 121 Å². The van der Waals surface area contributed by atoms with Crippen molar-refractivity contribution in [2.75, 3.05) is 6.61 Å². The number of carbonyl (C=O) groups is 2. The fourth-order valence-electron chi connectivity index (χ4n) is 1.90. The highest BCUT2D eigenvalue weighted by molar-refractivity contribution is 5.96. The number of halogens is 1. The second kappa shape index (κ2) is 6.30. The van der Waals surface area contributed by atoms with E-state index in [4.69, 9.17) is 4.74 Å². The zero-order chi connectivity index (χ0) is 15.4. The molecule has 110 valence electrons. The maximum absolute atomic E-state index is 12.8. The van der Waals surface area contributed by atoms with E-state index in [1.807, 2.05) is 0 Å². The van der Waals surface area contributed by atoms with Gasteiger partial charge in [-0.2, -0.15) is 5.10 Å². The van der Waals surface area contributed by atoms with Crippen LogP contribution in [0.1, 0.15) is 33.5 Å². The van der Waals surface area contributed by atoms with Gasteiger partial charge in [0.1, 0.15) is 18.1 Å². The van der Waals surface area contributed by atoms with Crippen LogP contribution in [0.3, 0.4) is 0 Å². The number of carbonyl (C=O) groups excluding carboxylic acids is 2. The Morgan fingerprint density at radius 3 is 2.57 bits per heavy atom. The normalized spacial score (nSPS) is 10.4. The summed E-state index contributed by atoms with van der Waals surface area (Å²) in [5, 5.41) is 4.12. The van der Waals surface area contributed by atoms with Crippen LogP contribution in [0.25, 0.3) is 0 Å². The van der Waals surface area contributed by atoms with Gasteiger partial charge in [0.2, 0.25) is 0 Å². The number of rotatable bonds is 5. The van der Waals surface area contributed by atoms with Crippen LogP contribution < -0.4 is 0 Å². The first-order chi connectivity index (χ1) is 10.0. The predicted molar refractivity (Wildman–Crippen MR) is 73.7 cm³/mol. The van der Waals surface area contributed by atoms with Crippen LogP contribution in [0.4, 0.5) is 4.39 Å². The third-order valence-corrected chi connectivity index (χ3v) is 2.85. The smallest absolute Gasteiger partial charge is 0.356 e. The number of aromatic nitrogens is 2. The molecule has 2 aromatic rings. The van der Waals surface area contributed by atoms with Gasteiger partial charge in [-0.15, -0.1) is 0 Å². The second-order valence-corrected chi connectivity index (χ2v) is 4.48. The van der Waals surface area contributed by atoms with Crippen molar-refractivity contribution in [3.8, 4) is 0 Å². The minimum Gasteiger partial charge on any atom is -0.461 e. The first-order valence-electron chi connectivity index (χ1n) is 6.51. The van der Waals surface area contributed by atoms with Crippen LogP contribution in [0.15, 0.2) is 30.3 Å². The summed E-state index contributed by atoms with van der Waals surface area (Å²) in [5.41, 5.74) is 1.20. The molecule has 0 atom stereocenters. The summed E-state index contributed by atoms with van der Waals surface area (Å²) in [7, 11) is 0. The molecule has 1 aromatic heterocycles. The van der Waals surface area contributed by atoms with E-state index < -0.39 is 11.8 Å². The summed E-state index contributed by atoms with van der Waals surface area (Å²) in [6, 6.07) is 6.80. The molecule has 0 fully saturated rings. The van der Waals surface area contributed by atoms with E-state index >= 15 is 0 Å². The van der Waals surface area contributed by atoms with Crippen molar-refractivity contribution in [2.45, 2.75) is 20.4 Å². The fourth-order valence-corrected chi connectivity index (χ4v) is 1.90. The first kappa shape index (κ1) is 14.9. The summed E-state index contributed by atoms with van der Waals surface area (Å²) in [6.07, 6.45) is 0. The van der Waals surface area contributed by atoms with Crippen molar-refractivity contribution in [2.24, 2.45) is 0 Å². The Balaban J connectivity index is 2.21. The lowest BCUT2D eigenvalue weighted by molar-refractivity contribution is 0.0512. The van der Waals surface area contributed by atoms with Crippen LogP contribution in [-0.4, -0.2) is 28.1 Å². The Morgan fingerprint density at radius 1 is 1.29 bits per heavy atom. The predicted octanol–water partition coefficient (Wildman–Crippen LogP) is 2.39. The lowest BCUT2D eigenvalue weighted by Crippen LogP contribution is -2.18. The first-order valence-corrected chi connectivity index (χ1v) is 6.51. The minimum absolute atomic E-state index is 0.104. The van der Waals surface area contributed by atoms with Gasteiger partial charge in [-0.05, 0) is 44.2 Å². The van der Waals surface area contributed by atoms with Crippen molar-refractivity contribution >= 4 is 11.8 Å². The molecular weight excluding hydrogens is 275 g/mol. The van der Waals surface area contributed by atoms with Gasteiger partial charge in [-0.1, -0.05) is 0 Å². The van der Waals surface area contributed by atoms with Gasteiger partial charge in [0.05, 0.1) is 12.3 Å². The quantitative estimate of drug-likeness (QED) is 0.626. The van der Waals surface area contributed by atoms with Crippen molar-refractivity contribution in [3.63, 3.8) is 0 Å². The van der Waals surface area contributed by atoms with Gasteiger partial charge >= 0.3 is 5.97 Å². The summed E-state index contributed by atoms with van der Waals surface area (Å²) >= 11 is 0. The zero-order valence-corrected chi connectivity index (χ0v) is 11.8. The van der Waals surface area contributed by atoms with Crippen molar-refractivity contribution in [1.82, 2.24) is 9.78 Å². The Morgan fingerprint density at radius 2 is 1.95 bits per heavy atom. The third-order valence-electron chi connectivity index (χ3n) is 2.85. The highest BCUT2D eigenvalue weighted by Gasteiger charge is 2.17. The molecule has 0 radical (unpaired) electrons. The molecule has 5 nitrogen and oxygen atoms in total. The lowest BCUT2D eigenvalue weighted by atomic mass is 10.1. The van der Waals surface area contributed by atoms with Gasteiger partial charge in [-0.3, -0.25) is 9.48 Å². The number of Topliss-reactive ketones (excluding diaryl/α,β-unsaturated/α-hetero) is 1. The fraction of sp³-hybridized carbons (Fsp3) is 0.267. The standard InChI is InChI=1S/C15H15FN2O3/c1-3-21-15(20)13-8-10(2)17-18(13)9-14(19)11-4-6-12(16)7-5-11/h4-8H,3,9H2,1-2H3. The summed E-state index contributed by atoms with van der Waals surface area (Å²) in [5.74, 6) is -1.19. The molecule has 0 amide bonds. The van der Waals surface area contributed by atoms with E-state index in [1.54, 1.807) is 19.9 Å². The summed E-state index contributed by atoms with van der Waals surface area (Å²) in [6.45, 7) is 3.57. The maximum Gasteiger partial charge on any atom is 0.356 e. The number of benzene rings is 1. The van der Waals surface area contributed by atoms with Gasteiger partial charge in [-0.25, -0.2) is 9.18 Å². The molecule has 0 bridgehead atoms. The Hall–Kier alpha value is -2.50. The number of ether oxygens (including phenoxy) is 1. The molecule has 1 heterocycles. The lowest BCUT2D eigenvalue weighted by Gasteiger charge is -2.06. The molecule has 0 saturated heterocycles. The number of ketones is 1. The molecular formula is C15H15FN2O3. The van der Waals surface area contributed by atoms with Gasteiger partial charge in [0.25, 0.3) is 0 Å².